The molecule has 134 valence electrons. The molecule has 3 N–H and O–H groups in total. The molecule has 0 bridgehead atoms. The van der Waals surface area contributed by atoms with Gasteiger partial charge in [0.05, 0.1) is 26.6 Å². The van der Waals surface area contributed by atoms with E-state index in [2.05, 4.69) is 10.3 Å². The van der Waals surface area contributed by atoms with Crippen LogP contribution >= 0.6 is 34.5 Å². The van der Waals surface area contributed by atoms with Crippen molar-refractivity contribution in [2.24, 2.45) is 5.73 Å². The third-order valence-corrected chi connectivity index (χ3v) is 5.61. The van der Waals surface area contributed by atoms with E-state index < -0.39 is 17.4 Å². The summed E-state index contributed by atoms with van der Waals surface area (Å²) in [5.41, 5.74) is 5.81. The maximum atomic E-state index is 12.6. The topological polar surface area (TPSA) is 107 Å². The Morgan fingerprint density at radius 2 is 2.04 bits per heavy atom. The van der Waals surface area contributed by atoms with Gasteiger partial charge in [-0.1, -0.05) is 23.2 Å². The monoisotopic (exact) mass is 410 g/mol. The van der Waals surface area contributed by atoms with E-state index in [4.69, 9.17) is 28.9 Å². The van der Waals surface area contributed by atoms with E-state index in [1.165, 1.54) is 17.0 Å². The van der Waals surface area contributed by atoms with Gasteiger partial charge in [-0.05, 0) is 30.7 Å². The molecule has 3 rings (SSSR count). The van der Waals surface area contributed by atoms with Gasteiger partial charge in [0.25, 0.3) is 11.5 Å². The van der Waals surface area contributed by atoms with Crippen LogP contribution in [0.1, 0.15) is 15.2 Å². The second kappa shape index (κ2) is 7.06. The summed E-state index contributed by atoms with van der Waals surface area (Å²) in [6, 6.07) is 4.66. The number of halogens is 2. The van der Waals surface area contributed by atoms with Gasteiger partial charge in [-0.25, -0.2) is 4.98 Å². The number of hydrogen-bond acceptors (Lipinski definition) is 5. The highest BCUT2D eigenvalue weighted by Crippen LogP contribution is 2.26. The first-order chi connectivity index (χ1) is 12.3. The SMILES string of the molecule is Cc1c(C(N)=O)sc2ncn(CC(=O)Nc3ccc(Cl)c(Cl)c3)c(=O)c12. The van der Waals surface area contributed by atoms with Crippen molar-refractivity contribution in [3.63, 3.8) is 0 Å². The van der Waals surface area contributed by atoms with E-state index in [9.17, 15) is 14.4 Å². The predicted molar refractivity (Wildman–Crippen MR) is 102 cm³/mol. The molecule has 0 saturated carbocycles. The zero-order valence-electron chi connectivity index (χ0n) is 13.4. The number of aryl methyl sites for hydroxylation is 1. The van der Waals surface area contributed by atoms with Crippen LogP contribution in [-0.4, -0.2) is 21.4 Å². The van der Waals surface area contributed by atoms with Crippen LogP contribution in [0.25, 0.3) is 10.2 Å². The molecular formula is C16H12Cl2N4O3S. The lowest BCUT2D eigenvalue weighted by atomic mass is 10.2. The molecule has 0 saturated heterocycles. The second-order valence-corrected chi connectivity index (χ2v) is 7.27. The summed E-state index contributed by atoms with van der Waals surface area (Å²) in [6.07, 6.45) is 1.26. The van der Waals surface area contributed by atoms with E-state index in [1.54, 1.807) is 19.1 Å². The number of nitrogens with one attached hydrogen (secondary N) is 1. The summed E-state index contributed by atoms with van der Waals surface area (Å²) < 4.78 is 1.17. The molecule has 0 fully saturated rings. The minimum absolute atomic E-state index is 0.247. The molecule has 1 aromatic carbocycles. The van der Waals surface area contributed by atoms with Crippen molar-refractivity contribution < 1.29 is 9.59 Å². The van der Waals surface area contributed by atoms with Crippen molar-refractivity contribution in [3.05, 3.63) is 55.4 Å². The molecule has 26 heavy (non-hydrogen) atoms. The van der Waals surface area contributed by atoms with Gasteiger partial charge in [-0.2, -0.15) is 0 Å². The lowest BCUT2D eigenvalue weighted by Gasteiger charge is -2.08. The highest BCUT2D eigenvalue weighted by Gasteiger charge is 2.18. The summed E-state index contributed by atoms with van der Waals surface area (Å²) in [4.78, 5) is 41.1. The van der Waals surface area contributed by atoms with Crippen molar-refractivity contribution in [3.8, 4) is 0 Å². The van der Waals surface area contributed by atoms with Gasteiger partial charge in [0, 0.05) is 5.69 Å². The average molecular weight is 411 g/mol. The lowest BCUT2D eigenvalue weighted by molar-refractivity contribution is -0.116. The summed E-state index contributed by atoms with van der Waals surface area (Å²) in [5, 5.41) is 3.59. The summed E-state index contributed by atoms with van der Waals surface area (Å²) in [7, 11) is 0. The van der Waals surface area contributed by atoms with Crippen LogP contribution in [0, 0.1) is 6.92 Å². The highest BCUT2D eigenvalue weighted by atomic mass is 35.5. The van der Waals surface area contributed by atoms with Crippen LogP contribution in [0.2, 0.25) is 10.0 Å². The largest absolute Gasteiger partial charge is 0.365 e. The molecule has 2 aromatic heterocycles. The van der Waals surface area contributed by atoms with Crippen LogP contribution in [0.5, 0.6) is 0 Å². The standard InChI is InChI=1S/C16H12Cl2N4O3S/c1-7-12-15(26-13(7)14(19)24)20-6-22(16(12)25)5-11(23)21-8-2-3-9(17)10(18)4-8/h2-4,6H,5H2,1H3,(H2,19,24)(H,21,23). The van der Waals surface area contributed by atoms with Crippen LogP contribution in [0.3, 0.4) is 0 Å². The molecule has 7 nitrogen and oxygen atoms in total. The molecule has 0 unspecified atom stereocenters. The number of thiophene rings is 1. The Hall–Kier alpha value is -2.42. The number of aromatic nitrogens is 2. The Balaban J connectivity index is 1.88. The molecule has 0 aliphatic rings. The zero-order valence-corrected chi connectivity index (χ0v) is 15.7. The zero-order chi connectivity index (χ0) is 19.0. The first-order valence-electron chi connectivity index (χ1n) is 7.31. The Labute approximate surface area is 161 Å². The molecule has 3 aromatic rings. The van der Waals surface area contributed by atoms with Gasteiger partial charge in [-0.15, -0.1) is 11.3 Å². The number of carbonyl (C=O) groups is 2. The second-order valence-electron chi connectivity index (χ2n) is 5.46. The summed E-state index contributed by atoms with van der Waals surface area (Å²) in [5.74, 6) is -1.05. The van der Waals surface area contributed by atoms with E-state index in [0.29, 0.717) is 26.1 Å². The van der Waals surface area contributed by atoms with E-state index in [1.807, 2.05) is 0 Å². The minimum Gasteiger partial charge on any atom is -0.365 e. The molecule has 0 atom stereocenters. The van der Waals surface area contributed by atoms with Crippen molar-refractivity contribution in [2.45, 2.75) is 13.5 Å². The number of benzene rings is 1. The number of nitrogens with two attached hydrogens (primary N) is 1. The fraction of sp³-hybridized carbons (Fsp3) is 0.125. The van der Waals surface area contributed by atoms with E-state index in [0.717, 1.165) is 11.3 Å². The molecular weight excluding hydrogens is 399 g/mol. The van der Waals surface area contributed by atoms with E-state index in [-0.39, 0.29) is 16.8 Å². The Bertz CT molecular complexity index is 1110. The maximum absolute atomic E-state index is 12.6. The first-order valence-corrected chi connectivity index (χ1v) is 8.88. The highest BCUT2D eigenvalue weighted by molar-refractivity contribution is 7.20. The number of carbonyl (C=O) groups excluding carboxylic acids is 2. The number of rotatable bonds is 4. The number of nitrogens with zero attached hydrogens (tertiary/aromatic N) is 2. The number of amides is 2. The van der Waals surface area contributed by atoms with Gasteiger partial charge >= 0.3 is 0 Å². The molecule has 2 amide bonds. The molecule has 0 aliphatic heterocycles. The van der Waals surface area contributed by atoms with Gasteiger partial charge in [-0.3, -0.25) is 19.0 Å². The Morgan fingerprint density at radius 1 is 1.31 bits per heavy atom. The smallest absolute Gasteiger partial charge is 0.262 e. The van der Waals surface area contributed by atoms with Crippen LogP contribution in [-0.2, 0) is 11.3 Å². The summed E-state index contributed by atoms with van der Waals surface area (Å²) >= 11 is 12.8. The fourth-order valence-corrected chi connectivity index (χ4v) is 3.73. The van der Waals surface area contributed by atoms with Crippen molar-refractivity contribution in [2.75, 3.05) is 5.32 Å². The molecule has 0 aliphatic carbocycles. The third kappa shape index (κ3) is 3.44. The molecule has 10 heteroatoms. The molecule has 0 radical (unpaired) electrons. The van der Waals surface area contributed by atoms with Gasteiger partial charge in [0.2, 0.25) is 5.91 Å². The van der Waals surface area contributed by atoms with Crippen LogP contribution in [0.4, 0.5) is 5.69 Å². The third-order valence-electron chi connectivity index (χ3n) is 3.66. The van der Waals surface area contributed by atoms with Crippen molar-refractivity contribution in [1.82, 2.24) is 9.55 Å². The van der Waals surface area contributed by atoms with E-state index >= 15 is 0 Å². The minimum atomic E-state index is -0.617. The van der Waals surface area contributed by atoms with Gasteiger partial charge in [0.15, 0.2) is 0 Å². The fourth-order valence-electron chi connectivity index (χ4n) is 2.44. The quantitative estimate of drug-likeness (QED) is 0.688. The Morgan fingerprint density at radius 3 is 2.69 bits per heavy atom. The summed E-state index contributed by atoms with van der Waals surface area (Å²) in [6.45, 7) is 1.38. The van der Waals surface area contributed by atoms with Crippen LogP contribution < -0.4 is 16.6 Å². The van der Waals surface area contributed by atoms with Crippen molar-refractivity contribution in [1.29, 1.82) is 0 Å². The first kappa shape index (κ1) is 18.4. The molecule has 0 spiro atoms. The number of anilines is 1. The predicted octanol–water partition coefficient (Wildman–Crippen LogP) is 2.81. The average Bonchev–Trinajstić information content (AvgIpc) is 2.91. The Kier molecular flexibility index (Phi) is 4.99. The number of primary amides is 1. The molecule has 2 heterocycles. The van der Waals surface area contributed by atoms with Gasteiger partial charge in [0.1, 0.15) is 11.4 Å². The van der Waals surface area contributed by atoms with Gasteiger partial charge < -0.3 is 11.1 Å². The van der Waals surface area contributed by atoms with Crippen molar-refractivity contribution >= 4 is 62.3 Å². The number of hydrogen-bond donors (Lipinski definition) is 2. The maximum Gasteiger partial charge on any atom is 0.262 e. The van der Waals surface area contributed by atoms with Crippen LogP contribution in [0.15, 0.2) is 29.3 Å². The number of fused-ring (bicyclic) bond motifs is 1. The lowest BCUT2D eigenvalue weighted by Crippen LogP contribution is -2.28. The normalized spacial score (nSPS) is 10.9.